The molecule has 0 radical (unpaired) electrons. The molecule has 0 unspecified atom stereocenters. The number of nitrogens with two attached hydrogens (primary N) is 1. The maximum absolute atomic E-state index is 5.73. The SMILES string of the molecule is CCn1c(-c2cc(C)cc(Br)c2)nc2cc(CN)ccc21. The average Bonchev–Trinajstić information content (AvgIpc) is 2.83. The van der Waals surface area contributed by atoms with E-state index in [1.807, 2.05) is 0 Å². The van der Waals surface area contributed by atoms with Gasteiger partial charge in [-0.15, -0.1) is 0 Å². The van der Waals surface area contributed by atoms with E-state index in [2.05, 4.69) is 70.7 Å². The van der Waals surface area contributed by atoms with Gasteiger partial charge < -0.3 is 10.3 Å². The molecule has 4 heteroatoms. The highest BCUT2D eigenvalue weighted by Gasteiger charge is 2.12. The van der Waals surface area contributed by atoms with Gasteiger partial charge in [-0.1, -0.05) is 22.0 Å². The number of halogens is 1. The largest absolute Gasteiger partial charge is 0.326 e. The van der Waals surface area contributed by atoms with Crippen LogP contribution in [-0.2, 0) is 13.1 Å². The number of imidazole rings is 1. The van der Waals surface area contributed by atoms with E-state index < -0.39 is 0 Å². The first kappa shape index (κ1) is 14.3. The zero-order chi connectivity index (χ0) is 15.0. The minimum absolute atomic E-state index is 0.542. The van der Waals surface area contributed by atoms with Crippen LogP contribution in [0.25, 0.3) is 22.4 Å². The molecule has 3 aromatic rings. The minimum atomic E-state index is 0.542. The van der Waals surface area contributed by atoms with Gasteiger partial charge in [-0.2, -0.15) is 0 Å². The van der Waals surface area contributed by atoms with Crippen molar-refractivity contribution < 1.29 is 0 Å². The summed E-state index contributed by atoms with van der Waals surface area (Å²) in [6, 6.07) is 12.7. The highest BCUT2D eigenvalue weighted by atomic mass is 79.9. The predicted octanol–water partition coefficient (Wildman–Crippen LogP) is 4.25. The molecule has 21 heavy (non-hydrogen) atoms. The maximum Gasteiger partial charge on any atom is 0.141 e. The first-order valence-corrected chi connectivity index (χ1v) is 7.88. The molecule has 0 saturated carbocycles. The predicted molar refractivity (Wildman–Crippen MR) is 91.2 cm³/mol. The van der Waals surface area contributed by atoms with Crippen molar-refractivity contribution in [1.29, 1.82) is 0 Å². The fourth-order valence-corrected chi connectivity index (χ4v) is 3.32. The summed E-state index contributed by atoms with van der Waals surface area (Å²) in [6.45, 7) is 5.67. The summed E-state index contributed by atoms with van der Waals surface area (Å²) < 4.78 is 3.33. The Kier molecular flexibility index (Phi) is 3.83. The van der Waals surface area contributed by atoms with Crippen molar-refractivity contribution in [2.24, 2.45) is 5.73 Å². The Bertz CT molecular complexity index is 785. The Morgan fingerprint density at radius 1 is 1.19 bits per heavy atom. The van der Waals surface area contributed by atoms with Gasteiger partial charge >= 0.3 is 0 Å². The monoisotopic (exact) mass is 343 g/mol. The van der Waals surface area contributed by atoms with Crippen LogP contribution in [0.5, 0.6) is 0 Å². The van der Waals surface area contributed by atoms with Crippen molar-refractivity contribution in [2.75, 3.05) is 0 Å². The molecule has 0 aliphatic heterocycles. The normalized spacial score (nSPS) is 11.2. The molecule has 3 rings (SSSR count). The molecule has 0 bridgehead atoms. The summed E-state index contributed by atoms with van der Waals surface area (Å²) in [7, 11) is 0. The lowest BCUT2D eigenvalue weighted by Crippen LogP contribution is -1.98. The summed E-state index contributed by atoms with van der Waals surface area (Å²) in [6.07, 6.45) is 0. The standard InChI is InChI=1S/C17H18BrN3/c1-3-21-16-5-4-12(10-19)8-15(16)20-17(21)13-6-11(2)7-14(18)9-13/h4-9H,3,10,19H2,1-2H3. The van der Waals surface area contributed by atoms with Crippen LogP contribution in [0.2, 0.25) is 0 Å². The number of hydrogen-bond donors (Lipinski definition) is 1. The van der Waals surface area contributed by atoms with Crippen LogP contribution in [0.4, 0.5) is 0 Å². The molecule has 3 nitrogen and oxygen atoms in total. The Balaban J connectivity index is 2.26. The topological polar surface area (TPSA) is 43.8 Å². The van der Waals surface area contributed by atoms with Crippen LogP contribution in [0, 0.1) is 6.92 Å². The molecule has 0 saturated heterocycles. The van der Waals surface area contributed by atoms with E-state index in [4.69, 9.17) is 10.7 Å². The van der Waals surface area contributed by atoms with E-state index in [0.717, 1.165) is 39.0 Å². The van der Waals surface area contributed by atoms with Gasteiger partial charge in [0, 0.05) is 23.1 Å². The number of aromatic nitrogens is 2. The van der Waals surface area contributed by atoms with Gasteiger partial charge in [0.25, 0.3) is 0 Å². The lowest BCUT2D eigenvalue weighted by molar-refractivity contribution is 0.796. The zero-order valence-electron chi connectivity index (χ0n) is 12.2. The zero-order valence-corrected chi connectivity index (χ0v) is 13.8. The molecule has 1 aromatic heterocycles. The third kappa shape index (κ3) is 2.61. The van der Waals surface area contributed by atoms with Gasteiger partial charge in [0.15, 0.2) is 0 Å². The van der Waals surface area contributed by atoms with Gasteiger partial charge in [0.1, 0.15) is 5.82 Å². The molecule has 0 amide bonds. The van der Waals surface area contributed by atoms with E-state index >= 15 is 0 Å². The van der Waals surface area contributed by atoms with Crippen LogP contribution in [-0.4, -0.2) is 9.55 Å². The van der Waals surface area contributed by atoms with Crippen LogP contribution in [0.3, 0.4) is 0 Å². The van der Waals surface area contributed by atoms with Crippen LogP contribution < -0.4 is 5.73 Å². The van der Waals surface area contributed by atoms with Crippen LogP contribution in [0.15, 0.2) is 40.9 Å². The van der Waals surface area contributed by atoms with E-state index in [9.17, 15) is 0 Å². The van der Waals surface area contributed by atoms with Crippen molar-refractivity contribution >= 4 is 27.0 Å². The van der Waals surface area contributed by atoms with Gasteiger partial charge in [0.05, 0.1) is 11.0 Å². The van der Waals surface area contributed by atoms with E-state index in [-0.39, 0.29) is 0 Å². The van der Waals surface area contributed by atoms with Crippen molar-refractivity contribution in [1.82, 2.24) is 9.55 Å². The number of hydrogen-bond acceptors (Lipinski definition) is 2. The summed E-state index contributed by atoms with van der Waals surface area (Å²) >= 11 is 3.57. The molecular formula is C17H18BrN3. The maximum atomic E-state index is 5.73. The Morgan fingerprint density at radius 2 is 2.00 bits per heavy atom. The molecule has 0 aliphatic carbocycles. The van der Waals surface area contributed by atoms with Crippen molar-refractivity contribution in [3.63, 3.8) is 0 Å². The number of nitrogens with zero attached hydrogens (tertiary/aromatic N) is 2. The first-order valence-electron chi connectivity index (χ1n) is 7.09. The summed E-state index contributed by atoms with van der Waals surface area (Å²) in [5, 5.41) is 0. The second-order valence-corrected chi connectivity index (χ2v) is 6.14. The van der Waals surface area contributed by atoms with Gasteiger partial charge in [-0.25, -0.2) is 4.98 Å². The highest BCUT2D eigenvalue weighted by molar-refractivity contribution is 9.10. The lowest BCUT2D eigenvalue weighted by Gasteiger charge is -2.07. The number of benzene rings is 2. The fraction of sp³-hybridized carbons (Fsp3) is 0.235. The molecule has 2 N–H and O–H groups in total. The molecule has 0 aliphatic rings. The Morgan fingerprint density at radius 3 is 2.67 bits per heavy atom. The molecule has 0 atom stereocenters. The number of rotatable bonds is 3. The fourth-order valence-electron chi connectivity index (χ4n) is 2.71. The first-order chi connectivity index (χ1) is 10.1. The Labute approximate surface area is 132 Å². The lowest BCUT2D eigenvalue weighted by atomic mass is 10.1. The molecule has 0 fully saturated rings. The number of aryl methyl sites for hydroxylation is 2. The third-order valence-corrected chi connectivity index (χ3v) is 4.12. The second-order valence-electron chi connectivity index (χ2n) is 5.22. The Hall–Kier alpha value is -1.65. The summed E-state index contributed by atoms with van der Waals surface area (Å²) in [5.41, 5.74) is 11.4. The van der Waals surface area contributed by atoms with E-state index in [1.165, 1.54) is 5.56 Å². The minimum Gasteiger partial charge on any atom is -0.326 e. The molecule has 0 spiro atoms. The molecule has 1 heterocycles. The van der Waals surface area contributed by atoms with Gasteiger partial charge in [-0.05, 0) is 55.3 Å². The summed E-state index contributed by atoms with van der Waals surface area (Å²) in [5.74, 6) is 1.01. The van der Waals surface area contributed by atoms with Gasteiger partial charge in [0.2, 0.25) is 0 Å². The molecular weight excluding hydrogens is 326 g/mol. The van der Waals surface area contributed by atoms with Crippen molar-refractivity contribution in [3.8, 4) is 11.4 Å². The third-order valence-electron chi connectivity index (χ3n) is 3.66. The average molecular weight is 344 g/mol. The number of fused-ring (bicyclic) bond motifs is 1. The quantitative estimate of drug-likeness (QED) is 0.772. The van der Waals surface area contributed by atoms with E-state index in [1.54, 1.807) is 0 Å². The highest BCUT2D eigenvalue weighted by Crippen LogP contribution is 2.28. The van der Waals surface area contributed by atoms with Crippen molar-refractivity contribution in [3.05, 3.63) is 52.0 Å². The summed E-state index contributed by atoms with van der Waals surface area (Å²) in [4.78, 5) is 4.83. The van der Waals surface area contributed by atoms with E-state index in [0.29, 0.717) is 6.54 Å². The molecule has 2 aromatic carbocycles. The smallest absolute Gasteiger partial charge is 0.141 e. The molecule has 108 valence electrons. The second kappa shape index (κ2) is 5.62. The van der Waals surface area contributed by atoms with Crippen molar-refractivity contribution in [2.45, 2.75) is 26.9 Å². The van der Waals surface area contributed by atoms with Crippen LogP contribution in [0.1, 0.15) is 18.1 Å². The van der Waals surface area contributed by atoms with Gasteiger partial charge in [-0.3, -0.25) is 0 Å². The van der Waals surface area contributed by atoms with Crippen LogP contribution >= 0.6 is 15.9 Å².